The number of fused-ring (bicyclic) bond motifs is 1. The second-order valence-electron chi connectivity index (χ2n) is 5.39. The molecule has 0 aromatic heterocycles. The number of hydrogen-bond donors (Lipinski definition) is 1. The fourth-order valence-corrected chi connectivity index (χ4v) is 2.84. The lowest BCUT2D eigenvalue weighted by molar-refractivity contribution is 0.322. The molecule has 0 amide bonds. The summed E-state index contributed by atoms with van der Waals surface area (Å²) < 4.78 is 5.84. The van der Waals surface area contributed by atoms with Crippen LogP contribution in [0.3, 0.4) is 0 Å². The van der Waals surface area contributed by atoms with Crippen LogP contribution in [-0.2, 0) is 13.1 Å². The molecule has 21 heavy (non-hydrogen) atoms. The summed E-state index contributed by atoms with van der Waals surface area (Å²) in [5.74, 6) is 1.00. The third-order valence-electron chi connectivity index (χ3n) is 3.88. The number of para-hydroxylation sites is 2. The highest BCUT2D eigenvalue weighted by Crippen LogP contribution is 2.31. The van der Waals surface area contributed by atoms with Gasteiger partial charge >= 0.3 is 0 Å². The van der Waals surface area contributed by atoms with Crippen LogP contribution in [0.15, 0.2) is 48.5 Å². The molecule has 0 aliphatic carbocycles. The standard InChI is InChI=1S/C18H22N2O/c1-19-13-15-7-2-3-8-16(15)14-20-11-6-12-21-18-10-5-4-9-17(18)20/h2-5,7-10,19H,6,11-14H2,1H3. The third-order valence-corrected chi connectivity index (χ3v) is 3.88. The number of hydrogen-bond acceptors (Lipinski definition) is 3. The SMILES string of the molecule is CNCc1ccccc1CN1CCCOc2ccccc21. The van der Waals surface area contributed by atoms with Crippen LogP contribution in [0.5, 0.6) is 5.75 Å². The minimum Gasteiger partial charge on any atom is -0.491 e. The quantitative estimate of drug-likeness (QED) is 0.932. The van der Waals surface area contributed by atoms with E-state index in [9.17, 15) is 0 Å². The zero-order valence-electron chi connectivity index (χ0n) is 12.5. The lowest BCUT2D eigenvalue weighted by Crippen LogP contribution is -2.24. The molecule has 2 aromatic carbocycles. The van der Waals surface area contributed by atoms with Gasteiger partial charge in [0.25, 0.3) is 0 Å². The highest BCUT2D eigenvalue weighted by molar-refractivity contribution is 5.59. The van der Waals surface area contributed by atoms with Gasteiger partial charge in [-0.25, -0.2) is 0 Å². The van der Waals surface area contributed by atoms with Gasteiger partial charge in [-0.05, 0) is 36.7 Å². The fraction of sp³-hybridized carbons (Fsp3) is 0.333. The highest BCUT2D eigenvalue weighted by atomic mass is 16.5. The van der Waals surface area contributed by atoms with E-state index in [1.165, 1.54) is 16.8 Å². The first-order valence-corrected chi connectivity index (χ1v) is 7.56. The highest BCUT2D eigenvalue weighted by Gasteiger charge is 2.16. The van der Waals surface area contributed by atoms with Gasteiger partial charge in [-0.1, -0.05) is 36.4 Å². The second kappa shape index (κ2) is 6.64. The Morgan fingerprint density at radius 1 is 1.05 bits per heavy atom. The Bertz CT molecular complexity index is 597. The monoisotopic (exact) mass is 282 g/mol. The van der Waals surface area contributed by atoms with Crippen LogP contribution in [0.4, 0.5) is 5.69 Å². The number of anilines is 1. The number of benzene rings is 2. The minimum absolute atomic E-state index is 0.797. The van der Waals surface area contributed by atoms with Crippen LogP contribution in [-0.4, -0.2) is 20.2 Å². The summed E-state index contributed by atoms with van der Waals surface area (Å²) in [5, 5.41) is 3.25. The van der Waals surface area contributed by atoms with Crippen LogP contribution in [0.2, 0.25) is 0 Å². The van der Waals surface area contributed by atoms with Crippen LogP contribution in [0.25, 0.3) is 0 Å². The van der Waals surface area contributed by atoms with Crippen molar-refractivity contribution < 1.29 is 4.74 Å². The van der Waals surface area contributed by atoms with Crippen molar-refractivity contribution in [1.29, 1.82) is 0 Å². The largest absolute Gasteiger partial charge is 0.491 e. The first kappa shape index (κ1) is 14.0. The number of rotatable bonds is 4. The average molecular weight is 282 g/mol. The number of nitrogens with one attached hydrogen (secondary N) is 1. The topological polar surface area (TPSA) is 24.5 Å². The van der Waals surface area contributed by atoms with Gasteiger partial charge in [0.05, 0.1) is 12.3 Å². The van der Waals surface area contributed by atoms with Crippen molar-refractivity contribution in [3.8, 4) is 5.75 Å². The van der Waals surface area contributed by atoms with Gasteiger partial charge in [0, 0.05) is 19.6 Å². The molecule has 2 aromatic rings. The Hall–Kier alpha value is -2.00. The molecule has 0 saturated carbocycles. The number of ether oxygens (including phenoxy) is 1. The maximum Gasteiger partial charge on any atom is 0.142 e. The van der Waals surface area contributed by atoms with Crippen molar-refractivity contribution in [1.82, 2.24) is 5.32 Å². The average Bonchev–Trinajstić information content (AvgIpc) is 2.72. The molecule has 3 heteroatoms. The van der Waals surface area contributed by atoms with Gasteiger partial charge in [-0.2, -0.15) is 0 Å². The Kier molecular flexibility index (Phi) is 4.41. The summed E-state index contributed by atoms with van der Waals surface area (Å²) in [6, 6.07) is 17.0. The molecule has 0 atom stereocenters. The molecule has 0 saturated heterocycles. The normalized spacial score (nSPS) is 14.2. The maximum atomic E-state index is 5.84. The molecule has 110 valence electrons. The fourth-order valence-electron chi connectivity index (χ4n) is 2.84. The van der Waals surface area contributed by atoms with Crippen molar-refractivity contribution in [2.75, 3.05) is 25.1 Å². The second-order valence-corrected chi connectivity index (χ2v) is 5.39. The molecule has 0 spiro atoms. The van der Waals surface area contributed by atoms with Crippen molar-refractivity contribution in [3.63, 3.8) is 0 Å². The predicted molar refractivity (Wildman–Crippen MR) is 86.8 cm³/mol. The summed E-state index contributed by atoms with van der Waals surface area (Å²) >= 11 is 0. The summed E-state index contributed by atoms with van der Waals surface area (Å²) in [4.78, 5) is 2.43. The zero-order valence-corrected chi connectivity index (χ0v) is 12.5. The van der Waals surface area contributed by atoms with Crippen LogP contribution < -0.4 is 15.0 Å². The van der Waals surface area contributed by atoms with E-state index in [0.717, 1.165) is 38.4 Å². The zero-order chi connectivity index (χ0) is 14.5. The van der Waals surface area contributed by atoms with E-state index in [1.54, 1.807) is 0 Å². The number of nitrogens with zero attached hydrogens (tertiary/aromatic N) is 1. The minimum atomic E-state index is 0.797. The molecule has 0 unspecified atom stereocenters. The van der Waals surface area contributed by atoms with Gasteiger partial charge in [0.1, 0.15) is 5.75 Å². The van der Waals surface area contributed by atoms with Gasteiger partial charge in [-0.3, -0.25) is 0 Å². The van der Waals surface area contributed by atoms with Gasteiger partial charge in [0.15, 0.2) is 0 Å². The van der Waals surface area contributed by atoms with Crippen LogP contribution >= 0.6 is 0 Å². The summed E-state index contributed by atoms with van der Waals surface area (Å²) in [5.41, 5.74) is 3.94. The van der Waals surface area contributed by atoms with E-state index in [-0.39, 0.29) is 0 Å². The smallest absolute Gasteiger partial charge is 0.142 e. The van der Waals surface area contributed by atoms with E-state index in [2.05, 4.69) is 52.7 Å². The lowest BCUT2D eigenvalue weighted by Gasteiger charge is -2.25. The maximum absolute atomic E-state index is 5.84. The molecule has 1 aliphatic rings. The molecule has 0 bridgehead atoms. The molecule has 0 fully saturated rings. The van der Waals surface area contributed by atoms with Crippen molar-refractivity contribution >= 4 is 5.69 Å². The molecule has 0 radical (unpaired) electrons. The Balaban J connectivity index is 1.88. The van der Waals surface area contributed by atoms with Crippen molar-refractivity contribution in [2.45, 2.75) is 19.5 Å². The lowest BCUT2D eigenvalue weighted by atomic mass is 10.1. The van der Waals surface area contributed by atoms with Gasteiger partial charge in [0.2, 0.25) is 0 Å². The van der Waals surface area contributed by atoms with E-state index >= 15 is 0 Å². The van der Waals surface area contributed by atoms with Crippen LogP contribution in [0, 0.1) is 0 Å². The van der Waals surface area contributed by atoms with Crippen molar-refractivity contribution in [3.05, 3.63) is 59.7 Å². The summed E-state index contributed by atoms with van der Waals surface area (Å²) in [7, 11) is 1.99. The summed E-state index contributed by atoms with van der Waals surface area (Å²) in [6.45, 7) is 3.66. The Morgan fingerprint density at radius 3 is 2.67 bits per heavy atom. The third kappa shape index (κ3) is 3.19. The van der Waals surface area contributed by atoms with Crippen LogP contribution in [0.1, 0.15) is 17.5 Å². The molecule has 1 aliphatic heterocycles. The van der Waals surface area contributed by atoms with E-state index < -0.39 is 0 Å². The van der Waals surface area contributed by atoms with Crippen molar-refractivity contribution in [2.24, 2.45) is 0 Å². The van der Waals surface area contributed by atoms with E-state index in [1.807, 2.05) is 13.1 Å². The molecule has 3 nitrogen and oxygen atoms in total. The molecule has 1 heterocycles. The van der Waals surface area contributed by atoms with E-state index in [0.29, 0.717) is 0 Å². The molecule has 1 N–H and O–H groups in total. The van der Waals surface area contributed by atoms with E-state index in [4.69, 9.17) is 4.74 Å². The molecular weight excluding hydrogens is 260 g/mol. The Labute approximate surface area is 126 Å². The Morgan fingerprint density at radius 2 is 1.81 bits per heavy atom. The molecule has 3 rings (SSSR count). The predicted octanol–water partition coefficient (Wildman–Crippen LogP) is 3.20. The first-order valence-electron chi connectivity index (χ1n) is 7.56. The first-order chi connectivity index (χ1) is 10.4. The summed E-state index contributed by atoms with van der Waals surface area (Å²) in [6.07, 6.45) is 1.06. The molecular formula is C18H22N2O. The van der Waals surface area contributed by atoms with Gasteiger partial charge in [-0.15, -0.1) is 0 Å². The van der Waals surface area contributed by atoms with Gasteiger partial charge < -0.3 is 15.0 Å².